The van der Waals surface area contributed by atoms with Crippen LogP contribution in [0.4, 0.5) is 13.2 Å². The van der Waals surface area contributed by atoms with Gasteiger partial charge in [0.25, 0.3) is 0 Å². The molecule has 148 valence electrons. The molecule has 0 bridgehead atoms. The van der Waals surface area contributed by atoms with Crippen molar-refractivity contribution in [1.29, 1.82) is 0 Å². The second-order valence-corrected chi connectivity index (χ2v) is 11.2. The highest BCUT2D eigenvalue weighted by molar-refractivity contribution is 7.92. The molecule has 0 aromatic carbocycles. The Bertz CT molecular complexity index is 746. The zero-order chi connectivity index (χ0) is 19.8. The van der Waals surface area contributed by atoms with Crippen molar-refractivity contribution in [1.82, 2.24) is 15.1 Å². The van der Waals surface area contributed by atoms with E-state index in [2.05, 4.69) is 10.2 Å². The number of hydrogen-bond acceptors (Lipinski definition) is 6. The van der Waals surface area contributed by atoms with Gasteiger partial charge in [-0.15, -0.1) is 10.2 Å². The van der Waals surface area contributed by atoms with Crippen LogP contribution in [0.25, 0.3) is 0 Å². The summed E-state index contributed by atoms with van der Waals surface area (Å²) < 4.78 is 61.3. The van der Waals surface area contributed by atoms with Crippen LogP contribution < -0.4 is 0 Å². The van der Waals surface area contributed by atoms with Crippen LogP contribution in [0.15, 0.2) is 0 Å². The lowest BCUT2D eigenvalue weighted by atomic mass is 9.99. The van der Waals surface area contributed by atoms with Crippen LogP contribution in [-0.2, 0) is 27.2 Å². The van der Waals surface area contributed by atoms with Crippen molar-refractivity contribution in [3.05, 3.63) is 10.0 Å². The van der Waals surface area contributed by atoms with Gasteiger partial charge in [0.1, 0.15) is 5.01 Å². The maximum absolute atomic E-state index is 12.5. The molecule has 2 heterocycles. The summed E-state index contributed by atoms with van der Waals surface area (Å²) in [6.07, 6.45) is -3.66. The van der Waals surface area contributed by atoms with Gasteiger partial charge in [-0.05, 0) is 39.5 Å². The fourth-order valence-corrected chi connectivity index (χ4v) is 4.74. The van der Waals surface area contributed by atoms with Crippen LogP contribution in [0, 0.1) is 5.92 Å². The molecular formula is C15H22F3N3O3S2. The molecule has 0 radical (unpaired) electrons. The molecule has 0 saturated carbocycles. The van der Waals surface area contributed by atoms with E-state index >= 15 is 0 Å². The van der Waals surface area contributed by atoms with Crippen LogP contribution in [-0.4, -0.2) is 53.0 Å². The van der Waals surface area contributed by atoms with Crippen molar-refractivity contribution in [3.63, 3.8) is 0 Å². The molecule has 0 spiro atoms. The van der Waals surface area contributed by atoms with E-state index in [9.17, 15) is 26.4 Å². The highest BCUT2D eigenvalue weighted by Crippen LogP contribution is 2.32. The lowest BCUT2D eigenvalue weighted by Crippen LogP contribution is -2.42. The Hall–Kier alpha value is -1.23. The van der Waals surface area contributed by atoms with Gasteiger partial charge in [-0.2, -0.15) is 13.2 Å². The third kappa shape index (κ3) is 5.15. The van der Waals surface area contributed by atoms with Gasteiger partial charge in [0.05, 0.1) is 16.9 Å². The van der Waals surface area contributed by atoms with Crippen molar-refractivity contribution in [2.24, 2.45) is 5.92 Å². The molecule has 1 fully saturated rings. The van der Waals surface area contributed by atoms with E-state index in [1.807, 2.05) is 0 Å². The van der Waals surface area contributed by atoms with Crippen LogP contribution in [0.3, 0.4) is 0 Å². The number of halogens is 3. The number of piperidine rings is 1. The number of rotatable bonds is 4. The number of carbonyl (C=O) groups excluding carboxylic acids is 1. The van der Waals surface area contributed by atoms with Gasteiger partial charge in [0, 0.05) is 13.1 Å². The summed E-state index contributed by atoms with van der Waals surface area (Å²) in [6.45, 7) is 5.79. The van der Waals surface area contributed by atoms with Gasteiger partial charge < -0.3 is 4.90 Å². The number of sulfone groups is 1. The predicted octanol–water partition coefficient (Wildman–Crippen LogP) is 2.55. The number of carbonyl (C=O) groups is 1. The summed E-state index contributed by atoms with van der Waals surface area (Å²) in [5.41, 5.74) is 0. The molecule has 1 aliphatic heterocycles. The standard InChI is InChI=1S/C15H22F3N3O3S2/c1-14(2,3)26(23,24)9-10-4-6-21(7-5-10)12(22)8-11-19-20-13(25-11)15(16,17)18/h10H,4-9H2,1-3H3. The van der Waals surface area contributed by atoms with E-state index in [1.165, 1.54) is 0 Å². The molecule has 1 aromatic rings. The summed E-state index contributed by atoms with van der Waals surface area (Å²) in [5, 5.41) is 5.46. The molecule has 26 heavy (non-hydrogen) atoms. The van der Waals surface area contributed by atoms with Crippen molar-refractivity contribution in [2.45, 2.75) is 51.0 Å². The fourth-order valence-electron chi connectivity index (χ4n) is 2.59. The van der Waals surface area contributed by atoms with Gasteiger partial charge in [0.15, 0.2) is 9.84 Å². The van der Waals surface area contributed by atoms with Crippen LogP contribution >= 0.6 is 11.3 Å². The molecule has 1 aromatic heterocycles. The molecule has 1 amide bonds. The second-order valence-electron chi connectivity index (χ2n) is 7.39. The summed E-state index contributed by atoms with van der Waals surface area (Å²) in [5.74, 6) is -0.238. The van der Waals surface area contributed by atoms with Crippen LogP contribution in [0.5, 0.6) is 0 Å². The van der Waals surface area contributed by atoms with Gasteiger partial charge in [-0.3, -0.25) is 4.79 Å². The first-order chi connectivity index (χ1) is 11.8. The SMILES string of the molecule is CC(C)(C)S(=O)(=O)CC1CCN(C(=O)Cc2nnc(C(F)(F)F)s2)CC1. The van der Waals surface area contributed by atoms with E-state index in [0.717, 1.165) is 0 Å². The molecule has 6 nitrogen and oxygen atoms in total. The van der Waals surface area contributed by atoms with E-state index in [0.29, 0.717) is 37.3 Å². The first-order valence-corrected chi connectivity index (χ1v) is 10.7. The number of aromatic nitrogens is 2. The van der Waals surface area contributed by atoms with Crippen molar-refractivity contribution in [3.8, 4) is 0 Å². The van der Waals surface area contributed by atoms with Gasteiger partial charge in [0.2, 0.25) is 10.9 Å². The average Bonchev–Trinajstić information content (AvgIpc) is 2.95. The minimum atomic E-state index is -4.56. The van der Waals surface area contributed by atoms with E-state index in [1.54, 1.807) is 25.7 Å². The molecule has 0 atom stereocenters. The molecule has 2 rings (SSSR count). The third-order valence-corrected chi connectivity index (χ3v) is 8.11. The molecule has 11 heteroatoms. The third-order valence-electron chi connectivity index (χ3n) is 4.37. The van der Waals surface area contributed by atoms with Crippen LogP contribution in [0.2, 0.25) is 0 Å². The summed E-state index contributed by atoms with van der Waals surface area (Å²) >= 11 is 0.369. The fraction of sp³-hybridized carbons (Fsp3) is 0.800. The van der Waals surface area contributed by atoms with Crippen molar-refractivity contribution < 1.29 is 26.4 Å². The lowest BCUT2D eigenvalue weighted by Gasteiger charge is -2.33. The maximum atomic E-state index is 12.5. The molecule has 0 N–H and O–H groups in total. The monoisotopic (exact) mass is 413 g/mol. The quantitative estimate of drug-likeness (QED) is 0.758. The molecule has 1 aliphatic rings. The Morgan fingerprint density at radius 2 is 1.77 bits per heavy atom. The second kappa shape index (κ2) is 7.41. The Morgan fingerprint density at radius 1 is 1.19 bits per heavy atom. The van der Waals surface area contributed by atoms with Gasteiger partial charge in [-0.1, -0.05) is 11.3 Å². The van der Waals surface area contributed by atoms with Gasteiger partial charge in [-0.25, -0.2) is 8.42 Å². The summed E-state index contributed by atoms with van der Waals surface area (Å²) in [7, 11) is -3.22. The van der Waals surface area contributed by atoms with Gasteiger partial charge >= 0.3 is 6.18 Å². The molecule has 0 unspecified atom stereocenters. The normalized spacial score (nSPS) is 17.5. The first-order valence-electron chi connectivity index (χ1n) is 8.19. The number of likely N-dealkylation sites (tertiary alicyclic amines) is 1. The summed E-state index contributed by atoms with van der Waals surface area (Å²) in [4.78, 5) is 13.8. The van der Waals surface area contributed by atoms with E-state index in [4.69, 9.17) is 0 Å². The van der Waals surface area contributed by atoms with Crippen molar-refractivity contribution >= 4 is 27.1 Å². The number of amides is 1. The Labute approximate surface area is 154 Å². The van der Waals surface area contributed by atoms with E-state index < -0.39 is 25.8 Å². The molecule has 1 saturated heterocycles. The zero-order valence-electron chi connectivity index (χ0n) is 14.8. The van der Waals surface area contributed by atoms with Crippen molar-refractivity contribution in [2.75, 3.05) is 18.8 Å². The maximum Gasteiger partial charge on any atom is 0.445 e. The number of alkyl halides is 3. The smallest absolute Gasteiger partial charge is 0.342 e. The number of nitrogens with zero attached hydrogens (tertiary/aromatic N) is 3. The zero-order valence-corrected chi connectivity index (χ0v) is 16.5. The Kier molecular flexibility index (Phi) is 6.01. The number of hydrogen-bond donors (Lipinski definition) is 0. The Balaban J connectivity index is 1.88. The highest BCUT2D eigenvalue weighted by Gasteiger charge is 2.36. The highest BCUT2D eigenvalue weighted by atomic mass is 32.2. The lowest BCUT2D eigenvalue weighted by molar-refractivity contribution is -0.138. The largest absolute Gasteiger partial charge is 0.445 e. The topological polar surface area (TPSA) is 80.2 Å². The minimum absolute atomic E-state index is 0.0124. The minimum Gasteiger partial charge on any atom is -0.342 e. The molecule has 0 aliphatic carbocycles. The Morgan fingerprint density at radius 3 is 2.23 bits per heavy atom. The van der Waals surface area contributed by atoms with E-state index in [-0.39, 0.29) is 29.0 Å². The predicted molar refractivity (Wildman–Crippen MR) is 91.5 cm³/mol. The van der Waals surface area contributed by atoms with Crippen LogP contribution in [0.1, 0.15) is 43.6 Å². The molecular weight excluding hydrogens is 391 g/mol. The first kappa shape index (κ1) is 21.1. The average molecular weight is 413 g/mol. The summed E-state index contributed by atoms with van der Waals surface area (Å²) in [6, 6.07) is 0.